The second-order valence-corrected chi connectivity index (χ2v) is 7.40. The van der Waals surface area contributed by atoms with Crippen molar-refractivity contribution in [2.45, 2.75) is 0 Å². The maximum Gasteiger partial charge on any atom is 0.264 e. The summed E-state index contributed by atoms with van der Waals surface area (Å²) < 4.78 is 6.86. The Bertz CT molecular complexity index is 1400. The lowest BCUT2D eigenvalue weighted by Crippen LogP contribution is -2.13. The van der Waals surface area contributed by atoms with E-state index in [1.165, 1.54) is 0 Å². The molecule has 0 unspecified atom stereocenters. The van der Waals surface area contributed by atoms with Crippen LogP contribution in [0, 0.1) is 0 Å². The predicted molar refractivity (Wildman–Crippen MR) is 120 cm³/mol. The molecule has 4 nitrogen and oxygen atoms in total. The molecule has 5 rings (SSSR count). The highest BCUT2D eigenvalue weighted by Gasteiger charge is 2.21. The topological polar surface area (TPSA) is 44.1 Å². The Morgan fingerprint density at radius 3 is 2.50 bits per heavy atom. The summed E-state index contributed by atoms with van der Waals surface area (Å²) in [6.07, 6.45) is 0. The molecule has 0 atom stereocenters. The van der Waals surface area contributed by atoms with Crippen LogP contribution in [0.2, 0.25) is 5.02 Å². The Hall–Kier alpha value is -3.63. The highest BCUT2D eigenvalue weighted by Crippen LogP contribution is 2.32. The molecule has 4 aromatic carbocycles. The largest absolute Gasteiger partial charge is 0.497 e. The van der Waals surface area contributed by atoms with Gasteiger partial charge in [0.25, 0.3) is 5.91 Å². The molecule has 0 fully saturated rings. The van der Waals surface area contributed by atoms with Gasteiger partial charge in [0, 0.05) is 16.1 Å². The molecule has 0 spiro atoms. The first-order valence-corrected chi connectivity index (χ1v) is 9.88. The molecule has 0 amide bonds. The number of nitrogens with zero attached hydrogens (tertiary/aromatic N) is 2. The van der Waals surface area contributed by atoms with Gasteiger partial charge in [0.2, 0.25) is 0 Å². The second kappa shape index (κ2) is 7.32. The monoisotopic (exact) mass is 412 g/mol. The lowest BCUT2D eigenvalue weighted by atomic mass is 10.0. The Labute approximate surface area is 178 Å². The number of halogens is 1. The van der Waals surface area contributed by atoms with Crippen molar-refractivity contribution in [2.75, 3.05) is 7.11 Å². The van der Waals surface area contributed by atoms with E-state index in [1.807, 2.05) is 48.5 Å². The maximum absolute atomic E-state index is 13.6. The van der Waals surface area contributed by atoms with Crippen molar-refractivity contribution in [3.05, 3.63) is 95.5 Å². The fourth-order valence-corrected chi connectivity index (χ4v) is 3.88. The van der Waals surface area contributed by atoms with Crippen LogP contribution >= 0.6 is 11.6 Å². The van der Waals surface area contributed by atoms with Crippen LogP contribution in [0.25, 0.3) is 33.2 Å². The first kappa shape index (κ1) is 18.4. The highest BCUT2D eigenvalue weighted by atomic mass is 35.5. The highest BCUT2D eigenvalue weighted by molar-refractivity contribution is 6.31. The van der Waals surface area contributed by atoms with Crippen molar-refractivity contribution >= 4 is 39.3 Å². The van der Waals surface area contributed by atoms with Crippen molar-refractivity contribution in [3.63, 3.8) is 0 Å². The number of benzene rings is 4. The molecular weight excluding hydrogens is 396 g/mol. The van der Waals surface area contributed by atoms with Crippen LogP contribution in [0.4, 0.5) is 0 Å². The van der Waals surface area contributed by atoms with E-state index in [9.17, 15) is 4.79 Å². The quantitative estimate of drug-likeness (QED) is 0.354. The van der Waals surface area contributed by atoms with E-state index in [2.05, 4.69) is 0 Å². The summed E-state index contributed by atoms with van der Waals surface area (Å²) in [5.74, 6) is 1.11. The summed E-state index contributed by atoms with van der Waals surface area (Å²) in [6, 6.07) is 26.5. The summed E-state index contributed by atoms with van der Waals surface area (Å²) in [5, 5.41) is 2.67. The van der Waals surface area contributed by atoms with Gasteiger partial charge in [-0.2, -0.15) is 0 Å². The maximum atomic E-state index is 13.6. The zero-order valence-electron chi connectivity index (χ0n) is 16.2. The molecule has 1 heterocycles. The van der Waals surface area contributed by atoms with Gasteiger partial charge in [-0.1, -0.05) is 54.1 Å². The lowest BCUT2D eigenvalue weighted by Gasteiger charge is -2.11. The predicted octanol–water partition coefficient (Wildman–Crippen LogP) is 6.21. The zero-order valence-corrected chi connectivity index (χ0v) is 16.9. The van der Waals surface area contributed by atoms with Crippen LogP contribution in [0.1, 0.15) is 10.4 Å². The minimum absolute atomic E-state index is 0.176. The molecule has 5 heteroatoms. The van der Waals surface area contributed by atoms with Crippen LogP contribution in [0.3, 0.4) is 0 Å². The second-order valence-electron chi connectivity index (χ2n) is 6.96. The van der Waals surface area contributed by atoms with Gasteiger partial charge in [0.1, 0.15) is 11.6 Å². The minimum Gasteiger partial charge on any atom is -0.497 e. The van der Waals surface area contributed by atoms with E-state index in [-0.39, 0.29) is 5.91 Å². The molecule has 0 aliphatic carbocycles. The molecule has 0 saturated carbocycles. The van der Waals surface area contributed by atoms with Gasteiger partial charge in [-0.25, -0.2) is 4.98 Å². The summed E-state index contributed by atoms with van der Waals surface area (Å²) in [4.78, 5) is 18.4. The third kappa shape index (κ3) is 3.02. The van der Waals surface area contributed by atoms with Gasteiger partial charge in [0.15, 0.2) is 0 Å². The molecule has 0 aliphatic rings. The molecule has 146 valence electrons. The van der Waals surface area contributed by atoms with Crippen LogP contribution in [-0.2, 0) is 0 Å². The Morgan fingerprint density at radius 1 is 0.933 bits per heavy atom. The fraction of sp³-hybridized carbons (Fsp3) is 0.0400. The molecule has 0 radical (unpaired) electrons. The van der Waals surface area contributed by atoms with Crippen molar-refractivity contribution in [1.29, 1.82) is 0 Å². The first-order chi connectivity index (χ1) is 14.7. The smallest absolute Gasteiger partial charge is 0.264 e. The van der Waals surface area contributed by atoms with E-state index in [1.54, 1.807) is 48.1 Å². The van der Waals surface area contributed by atoms with Crippen molar-refractivity contribution in [3.8, 4) is 17.1 Å². The number of carbonyl (C=O) groups excluding carboxylic acids is 1. The first-order valence-electron chi connectivity index (χ1n) is 9.50. The van der Waals surface area contributed by atoms with E-state index in [0.29, 0.717) is 33.2 Å². The molecule has 0 aliphatic heterocycles. The van der Waals surface area contributed by atoms with Crippen LogP contribution in [0.5, 0.6) is 5.75 Å². The van der Waals surface area contributed by atoms with Gasteiger partial charge in [0.05, 0.1) is 18.1 Å². The third-order valence-electron chi connectivity index (χ3n) is 5.19. The van der Waals surface area contributed by atoms with Crippen LogP contribution in [0.15, 0.2) is 84.9 Å². The Balaban J connectivity index is 1.79. The average Bonchev–Trinajstić information content (AvgIpc) is 3.16. The number of methoxy groups -OCH3 is 1. The van der Waals surface area contributed by atoms with Crippen LogP contribution < -0.4 is 4.74 Å². The number of hydrogen-bond donors (Lipinski definition) is 0. The Morgan fingerprint density at radius 2 is 1.70 bits per heavy atom. The van der Waals surface area contributed by atoms with E-state index in [0.717, 1.165) is 16.3 Å². The normalized spacial score (nSPS) is 11.1. The summed E-state index contributed by atoms with van der Waals surface area (Å²) in [7, 11) is 1.60. The lowest BCUT2D eigenvalue weighted by molar-refractivity contribution is 0.0966. The van der Waals surface area contributed by atoms with Crippen LogP contribution in [-0.4, -0.2) is 22.6 Å². The number of hydrogen-bond acceptors (Lipinski definition) is 3. The van der Waals surface area contributed by atoms with Gasteiger partial charge in [-0.15, -0.1) is 0 Å². The van der Waals surface area contributed by atoms with E-state index in [4.69, 9.17) is 21.3 Å². The zero-order chi connectivity index (χ0) is 20.7. The SMILES string of the molecule is COc1ccc(C(=O)n2c(-c3cccc4ccccc34)nc3ccc(Cl)cc32)cc1. The number of imidazole rings is 1. The van der Waals surface area contributed by atoms with Crippen molar-refractivity contribution in [1.82, 2.24) is 9.55 Å². The number of carbonyl (C=O) groups is 1. The molecule has 1 aromatic heterocycles. The average molecular weight is 413 g/mol. The summed E-state index contributed by atoms with van der Waals surface area (Å²) >= 11 is 6.26. The number of fused-ring (bicyclic) bond motifs is 2. The standard InChI is InChI=1S/C25H17ClN2O2/c1-30-19-12-9-17(10-13-19)25(29)28-23-15-18(26)11-14-22(23)27-24(28)21-8-4-6-16-5-2-3-7-20(16)21/h2-15H,1H3. The molecule has 0 N–H and O–H groups in total. The van der Waals surface area contributed by atoms with Gasteiger partial charge in [-0.05, 0) is 53.2 Å². The molecule has 0 bridgehead atoms. The minimum atomic E-state index is -0.176. The molecule has 0 saturated heterocycles. The molecule has 30 heavy (non-hydrogen) atoms. The number of ether oxygens (including phenoxy) is 1. The van der Waals surface area contributed by atoms with E-state index >= 15 is 0 Å². The van der Waals surface area contributed by atoms with E-state index < -0.39 is 0 Å². The van der Waals surface area contributed by atoms with Crippen molar-refractivity contribution in [2.24, 2.45) is 0 Å². The summed E-state index contributed by atoms with van der Waals surface area (Å²) in [6.45, 7) is 0. The van der Waals surface area contributed by atoms with Crippen molar-refractivity contribution < 1.29 is 9.53 Å². The Kier molecular flexibility index (Phi) is 4.49. The summed E-state index contributed by atoms with van der Waals surface area (Å²) in [5.41, 5.74) is 2.81. The fourth-order valence-electron chi connectivity index (χ4n) is 3.72. The van der Waals surface area contributed by atoms with Gasteiger partial charge >= 0.3 is 0 Å². The third-order valence-corrected chi connectivity index (χ3v) is 5.42. The van der Waals surface area contributed by atoms with Gasteiger partial charge in [-0.3, -0.25) is 9.36 Å². The molecular formula is C25H17ClN2O2. The molecule has 5 aromatic rings. The number of aromatic nitrogens is 2. The number of rotatable bonds is 3. The van der Waals surface area contributed by atoms with Gasteiger partial charge < -0.3 is 4.74 Å².